The van der Waals surface area contributed by atoms with Gasteiger partial charge in [0.25, 0.3) is 11.8 Å². The van der Waals surface area contributed by atoms with Gasteiger partial charge in [-0.1, -0.05) is 30.7 Å². The van der Waals surface area contributed by atoms with Crippen LogP contribution < -0.4 is 10.6 Å². The van der Waals surface area contributed by atoms with Crippen LogP contribution in [0.25, 0.3) is 0 Å². The first-order valence-electron chi connectivity index (χ1n) is 8.56. The maximum atomic E-state index is 12.5. The Morgan fingerprint density at radius 1 is 1.07 bits per heavy atom. The number of esters is 1. The van der Waals surface area contributed by atoms with Crippen LogP contribution in [0.4, 0.5) is 11.4 Å². The topological polar surface area (TPSA) is 84.5 Å². The number of rotatable bonds is 6. The number of ether oxygens (including phenoxy) is 1. The van der Waals surface area contributed by atoms with Gasteiger partial charge in [0.05, 0.1) is 17.2 Å². The Morgan fingerprint density at radius 2 is 1.74 bits per heavy atom. The second-order valence-corrected chi connectivity index (χ2v) is 6.92. The van der Waals surface area contributed by atoms with Crippen LogP contribution in [0.3, 0.4) is 0 Å². The highest BCUT2D eigenvalue weighted by Gasteiger charge is 2.40. The number of hydrogen-bond acceptors (Lipinski definition) is 4. The van der Waals surface area contributed by atoms with Crippen molar-refractivity contribution in [2.45, 2.75) is 13.3 Å². The molecule has 0 aromatic heterocycles. The molecule has 140 valence electrons. The number of anilines is 2. The summed E-state index contributed by atoms with van der Waals surface area (Å²) >= 11 is 5.83. The summed E-state index contributed by atoms with van der Waals surface area (Å²) in [5.41, 5.74) is 1.21. The van der Waals surface area contributed by atoms with Crippen molar-refractivity contribution in [1.29, 1.82) is 0 Å². The predicted octanol–water partition coefficient (Wildman–Crippen LogP) is 3.73. The zero-order chi connectivity index (χ0) is 19.4. The summed E-state index contributed by atoms with van der Waals surface area (Å²) in [6, 6.07) is 13.3. The average Bonchev–Trinajstić information content (AvgIpc) is 3.39. The first-order chi connectivity index (χ1) is 12.9. The van der Waals surface area contributed by atoms with Crippen LogP contribution >= 0.6 is 11.6 Å². The molecule has 2 amide bonds. The smallest absolute Gasteiger partial charge is 0.309 e. The molecule has 3 rings (SSSR count). The molecule has 7 heteroatoms. The van der Waals surface area contributed by atoms with Gasteiger partial charge in [0.15, 0.2) is 6.61 Å². The molecule has 0 radical (unpaired) electrons. The van der Waals surface area contributed by atoms with Crippen molar-refractivity contribution < 1.29 is 19.1 Å². The fourth-order valence-electron chi connectivity index (χ4n) is 2.60. The first-order valence-corrected chi connectivity index (χ1v) is 8.94. The molecule has 0 bridgehead atoms. The van der Waals surface area contributed by atoms with Gasteiger partial charge in [0, 0.05) is 10.7 Å². The van der Waals surface area contributed by atoms with Gasteiger partial charge in [0.2, 0.25) is 0 Å². The Kier molecular flexibility index (Phi) is 5.76. The van der Waals surface area contributed by atoms with Gasteiger partial charge >= 0.3 is 5.97 Å². The third-order valence-electron chi connectivity index (χ3n) is 4.31. The molecule has 2 atom stereocenters. The Hall–Kier alpha value is -2.86. The number of carbonyl (C=O) groups excluding carboxylic acids is 3. The van der Waals surface area contributed by atoms with Gasteiger partial charge in [0.1, 0.15) is 0 Å². The molecule has 27 heavy (non-hydrogen) atoms. The third kappa shape index (κ3) is 5.08. The lowest BCUT2D eigenvalue weighted by atomic mass is 10.1. The summed E-state index contributed by atoms with van der Waals surface area (Å²) in [5, 5.41) is 5.92. The van der Waals surface area contributed by atoms with E-state index in [0.29, 0.717) is 27.9 Å². The summed E-state index contributed by atoms with van der Waals surface area (Å²) in [5.74, 6) is -1.01. The highest BCUT2D eigenvalue weighted by atomic mass is 35.5. The van der Waals surface area contributed by atoms with Gasteiger partial charge in [-0.3, -0.25) is 14.4 Å². The van der Waals surface area contributed by atoms with E-state index >= 15 is 0 Å². The normalized spacial score (nSPS) is 17.7. The van der Waals surface area contributed by atoms with Crippen molar-refractivity contribution >= 4 is 40.8 Å². The van der Waals surface area contributed by atoms with Crippen LogP contribution in [0, 0.1) is 11.8 Å². The van der Waals surface area contributed by atoms with E-state index in [4.69, 9.17) is 16.3 Å². The van der Waals surface area contributed by atoms with Crippen molar-refractivity contribution in [3.63, 3.8) is 0 Å². The fourth-order valence-corrected chi connectivity index (χ4v) is 2.73. The lowest BCUT2D eigenvalue weighted by Crippen LogP contribution is -2.23. The van der Waals surface area contributed by atoms with E-state index in [9.17, 15) is 14.4 Å². The van der Waals surface area contributed by atoms with Crippen molar-refractivity contribution in [1.82, 2.24) is 0 Å². The highest BCUT2D eigenvalue weighted by Crippen LogP contribution is 2.38. The highest BCUT2D eigenvalue weighted by molar-refractivity contribution is 6.30. The number of carbonyl (C=O) groups is 3. The van der Waals surface area contributed by atoms with Crippen LogP contribution in [0.2, 0.25) is 5.02 Å². The summed E-state index contributed by atoms with van der Waals surface area (Å²) < 4.78 is 5.01. The zero-order valence-electron chi connectivity index (χ0n) is 14.7. The summed E-state index contributed by atoms with van der Waals surface area (Å²) in [7, 11) is 0. The number of halogens is 1. The molecule has 1 saturated carbocycles. The molecule has 0 spiro atoms. The fraction of sp³-hybridized carbons (Fsp3) is 0.250. The zero-order valence-corrected chi connectivity index (χ0v) is 15.5. The minimum absolute atomic E-state index is 0.102. The van der Waals surface area contributed by atoms with Crippen LogP contribution in [0.15, 0.2) is 48.5 Å². The maximum absolute atomic E-state index is 12.5. The largest absolute Gasteiger partial charge is 0.455 e. The van der Waals surface area contributed by atoms with Crippen molar-refractivity contribution in [2.75, 3.05) is 17.2 Å². The van der Waals surface area contributed by atoms with E-state index in [0.717, 1.165) is 6.42 Å². The Balaban J connectivity index is 1.60. The molecular formula is C20H19ClN2O4. The van der Waals surface area contributed by atoms with E-state index < -0.39 is 5.91 Å². The average molecular weight is 387 g/mol. The molecule has 2 N–H and O–H groups in total. The number of benzene rings is 2. The lowest BCUT2D eigenvalue weighted by molar-refractivity contribution is -0.148. The SMILES string of the molecule is C[C@H]1C[C@@H]1C(=O)OCC(=O)Nc1ccccc1C(=O)Nc1ccc(Cl)cc1. The molecule has 1 aliphatic carbocycles. The van der Waals surface area contributed by atoms with E-state index in [-0.39, 0.29) is 24.4 Å². The number of hydrogen-bond donors (Lipinski definition) is 2. The van der Waals surface area contributed by atoms with E-state index in [1.807, 2.05) is 6.92 Å². The van der Waals surface area contributed by atoms with Gasteiger partial charge in [-0.25, -0.2) is 0 Å². The number of nitrogens with one attached hydrogen (secondary N) is 2. The monoisotopic (exact) mass is 386 g/mol. The predicted molar refractivity (Wildman–Crippen MR) is 103 cm³/mol. The van der Waals surface area contributed by atoms with E-state index in [1.54, 1.807) is 48.5 Å². The summed E-state index contributed by atoms with van der Waals surface area (Å²) in [6.45, 7) is 1.58. The molecule has 0 heterocycles. The second-order valence-electron chi connectivity index (χ2n) is 6.48. The van der Waals surface area contributed by atoms with Crippen molar-refractivity contribution in [3.8, 4) is 0 Å². The van der Waals surface area contributed by atoms with Crippen molar-refractivity contribution in [3.05, 3.63) is 59.1 Å². The molecule has 0 aliphatic heterocycles. The molecule has 2 aromatic carbocycles. The van der Waals surface area contributed by atoms with Gasteiger partial charge in [-0.15, -0.1) is 0 Å². The minimum Gasteiger partial charge on any atom is -0.455 e. The van der Waals surface area contributed by atoms with Crippen LogP contribution in [-0.2, 0) is 14.3 Å². The molecule has 0 unspecified atom stereocenters. The number of amides is 2. The van der Waals surface area contributed by atoms with Gasteiger partial charge in [-0.05, 0) is 48.7 Å². The van der Waals surface area contributed by atoms with E-state index in [1.165, 1.54) is 0 Å². The number of para-hydroxylation sites is 1. The standard InChI is InChI=1S/C20H19ClN2O4/c1-12-10-16(12)20(26)27-11-18(24)23-17-5-3-2-4-15(17)19(25)22-14-8-6-13(21)7-9-14/h2-9,12,16H,10-11H2,1H3,(H,22,25)(H,23,24)/t12-,16-/m0/s1. The lowest BCUT2D eigenvalue weighted by Gasteiger charge is -2.12. The van der Waals surface area contributed by atoms with Gasteiger partial charge in [-0.2, -0.15) is 0 Å². The van der Waals surface area contributed by atoms with E-state index in [2.05, 4.69) is 10.6 Å². The molecular weight excluding hydrogens is 368 g/mol. The van der Waals surface area contributed by atoms with Crippen LogP contribution in [-0.4, -0.2) is 24.4 Å². The van der Waals surface area contributed by atoms with Crippen LogP contribution in [0.5, 0.6) is 0 Å². The maximum Gasteiger partial charge on any atom is 0.309 e. The van der Waals surface area contributed by atoms with Gasteiger partial charge < -0.3 is 15.4 Å². The first kappa shape index (κ1) is 18.9. The summed E-state index contributed by atoms with van der Waals surface area (Å²) in [4.78, 5) is 36.3. The third-order valence-corrected chi connectivity index (χ3v) is 4.56. The Morgan fingerprint density at radius 3 is 2.41 bits per heavy atom. The molecule has 6 nitrogen and oxygen atoms in total. The molecule has 1 aliphatic rings. The van der Waals surface area contributed by atoms with Crippen LogP contribution in [0.1, 0.15) is 23.7 Å². The second kappa shape index (κ2) is 8.22. The summed E-state index contributed by atoms with van der Waals surface area (Å²) in [6.07, 6.45) is 0.800. The Bertz CT molecular complexity index is 867. The minimum atomic E-state index is -0.497. The molecule has 2 aromatic rings. The van der Waals surface area contributed by atoms with Crippen molar-refractivity contribution in [2.24, 2.45) is 11.8 Å². The Labute approximate surface area is 161 Å². The molecule has 1 fully saturated rings. The quantitative estimate of drug-likeness (QED) is 0.741. The molecule has 0 saturated heterocycles.